The molecular formula is C20H20N4O3. The Morgan fingerprint density at radius 1 is 1.19 bits per heavy atom. The Kier molecular flexibility index (Phi) is 4.84. The van der Waals surface area contributed by atoms with Crippen LogP contribution < -0.4 is 5.32 Å². The van der Waals surface area contributed by atoms with E-state index in [1.807, 2.05) is 54.6 Å². The fraction of sp³-hybridized carbons (Fsp3) is 0.250. The molecule has 1 aromatic heterocycles. The Labute approximate surface area is 156 Å². The first-order chi connectivity index (χ1) is 13.2. The quantitative estimate of drug-likeness (QED) is 0.720. The van der Waals surface area contributed by atoms with Gasteiger partial charge in [-0.15, -0.1) is 0 Å². The molecule has 4 rings (SSSR count). The number of para-hydroxylation sites is 2. The molecule has 0 radical (unpaired) electrons. The summed E-state index contributed by atoms with van der Waals surface area (Å²) < 4.78 is 5.31. The molecule has 7 nitrogen and oxygen atoms in total. The topological polar surface area (TPSA) is 87.3 Å². The number of carbonyl (C=O) groups is 2. The molecule has 7 heteroatoms. The largest absolute Gasteiger partial charge is 0.369 e. The Morgan fingerprint density at radius 2 is 1.96 bits per heavy atom. The number of aromatic amines is 1. The van der Waals surface area contributed by atoms with Crippen molar-refractivity contribution in [2.24, 2.45) is 0 Å². The SMILES string of the molecule is O=C(NCc1nc2ccccc2[nH]1)[C@@H]1COCC(=O)N1Cc1ccccc1. The predicted octanol–water partition coefficient (Wildman–Crippen LogP) is 1.61. The first-order valence-corrected chi connectivity index (χ1v) is 8.83. The van der Waals surface area contributed by atoms with Gasteiger partial charge in [0.25, 0.3) is 0 Å². The minimum absolute atomic E-state index is 0.000185. The normalized spacial score (nSPS) is 17.3. The maximum Gasteiger partial charge on any atom is 0.249 e. The number of fused-ring (bicyclic) bond motifs is 1. The fourth-order valence-electron chi connectivity index (χ4n) is 3.18. The number of ether oxygens (including phenoxy) is 1. The average molecular weight is 364 g/mol. The van der Waals surface area contributed by atoms with Crippen LogP contribution in [0.4, 0.5) is 0 Å². The number of benzene rings is 2. The Bertz CT molecular complexity index is 921. The minimum Gasteiger partial charge on any atom is -0.369 e. The van der Waals surface area contributed by atoms with Gasteiger partial charge in [0, 0.05) is 6.54 Å². The zero-order valence-electron chi connectivity index (χ0n) is 14.7. The van der Waals surface area contributed by atoms with E-state index in [9.17, 15) is 9.59 Å². The molecule has 1 aliphatic rings. The van der Waals surface area contributed by atoms with E-state index >= 15 is 0 Å². The molecule has 0 bridgehead atoms. The summed E-state index contributed by atoms with van der Waals surface area (Å²) in [6, 6.07) is 16.6. The second-order valence-corrected chi connectivity index (χ2v) is 6.46. The maximum absolute atomic E-state index is 12.7. The molecule has 1 aliphatic heterocycles. The summed E-state index contributed by atoms with van der Waals surface area (Å²) in [5.41, 5.74) is 2.75. The lowest BCUT2D eigenvalue weighted by atomic mass is 10.1. The molecule has 1 atom stereocenters. The van der Waals surface area contributed by atoms with Gasteiger partial charge in [0.15, 0.2) is 0 Å². The molecule has 0 spiro atoms. The van der Waals surface area contributed by atoms with Gasteiger partial charge < -0.3 is 19.9 Å². The van der Waals surface area contributed by atoms with Crippen LogP contribution in [0.2, 0.25) is 0 Å². The van der Waals surface area contributed by atoms with Crippen molar-refractivity contribution in [1.82, 2.24) is 20.2 Å². The maximum atomic E-state index is 12.7. The molecule has 3 aromatic rings. The molecule has 0 aliphatic carbocycles. The first kappa shape index (κ1) is 17.2. The molecular weight excluding hydrogens is 344 g/mol. The molecule has 1 saturated heterocycles. The van der Waals surface area contributed by atoms with E-state index < -0.39 is 6.04 Å². The number of hydrogen-bond acceptors (Lipinski definition) is 4. The van der Waals surface area contributed by atoms with E-state index in [1.165, 1.54) is 0 Å². The van der Waals surface area contributed by atoms with E-state index in [1.54, 1.807) is 4.90 Å². The van der Waals surface area contributed by atoms with Gasteiger partial charge in [-0.2, -0.15) is 0 Å². The summed E-state index contributed by atoms with van der Waals surface area (Å²) in [4.78, 5) is 34.2. The number of morpholine rings is 1. The number of aromatic nitrogens is 2. The van der Waals surface area contributed by atoms with Gasteiger partial charge in [0.2, 0.25) is 11.8 Å². The molecule has 2 aromatic carbocycles. The van der Waals surface area contributed by atoms with Crippen molar-refractivity contribution >= 4 is 22.8 Å². The molecule has 0 unspecified atom stereocenters. The summed E-state index contributed by atoms with van der Waals surface area (Å²) in [6.07, 6.45) is 0. The van der Waals surface area contributed by atoms with Crippen LogP contribution in [0.25, 0.3) is 11.0 Å². The number of hydrogen-bond donors (Lipinski definition) is 2. The highest BCUT2D eigenvalue weighted by Gasteiger charge is 2.34. The number of H-pyrrole nitrogens is 1. The smallest absolute Gasteiger partial charge is 0.249 e. The van der Waals surface area contributed by atoms with Gasteiger partial charge in [0.1, 0.15) is 18.5 Å². The minimum atomic E-state index is -0.657. The zero-order valence-corrected chi connectivity index (χ0v) is 14.7. The van der Waals surface area contributed by atoms with Crippen molar-refractivity contribution < 1.29 is 14.3 Å². The first-order valence-electron chi connectivity index (χ1n) is 8.83. The fourth-order valence-corrected chi connectivity index (χ4v) is 3.18. The second-order valence-electron chi connectivity index (χ2n) is 6.46. The highest BCUT2D eigenvalue weighted by atomic mass is 16.5. The van der Waals surface area contributed by atoms with E-state index in [0.29, 0.717) is 12.4 Å². The van der Waals surface area contributed by atoms with Gasteiger partial charge in [-0.3, -0.25) is 9.59 Å². The van der Waals surface area contributed by atoms with E-state index in [2.05, 4.69) is 15.3 Å². The van der Waals surface area contributed by atoms with Crippen LogP contribution in [0, 0.1) is 0 Å². The summed E-state index contributed by atoms with van der Waals surface area (Å²) in [5.74, 6) is 0.232. The lowest BCUT2D eigenvalue weighted by molar-refractivity contribution is -0.155. The summed E-state index contributed by atoms with van der Waals surface area (Å²) in [7, 11) is 0. The number of nitrogens with zero attached hydrogens (tertiary/aromatic N) is 2. The van der Waals surface area contributed by atoms with Crippen molar-refractivity contribution in [2.75, 3.05) is 13.2 Å². The third-order valence-corrected chi connectivity index (χ3v) is 4.56. The van der Waals surface area contributed by atoms with Gasteiger partial charge in [-0.25, -0.2) is 4.98 Å². The number of carbonyl (C=O) groups excluding carboxylic acids is 2. The van der Waals surface area contributed by atoms with Gasteiger partial charge >= 0.3 is 0 Å². The lowest BCUT2D eigenvalue weighted by Gasteiger charge is -2.34. The molecule has 1 fully saturated rings. The molecule has 2 heterocycles. The lowest BCUT2D eigenvalue weighted by Crippen LogP contribution is -2.55. The van der Waals surface area contributed by atoms with Crippen LogP contribution >= 0.6 is 0 Å². The number of imidazole rings is 1. The monoisotopic (exact) mass is 364 g/mol. The number of amides is 2. The zero-order chi connectivity index (χ0) is 18.6. The van der Waals surface area contributed by atoms with Crippen molar-refractivity contribution in [1.29, 1.82) is 0 Å². The van der Waals surface area contributed by atoms with E-state index in [-0.39, 0.29) is 31.6 Å². The van der Waals surface area contributed by atoms with Crippen LogP contribution in [0.15, 0.2) is 54.6 Å². The van der Waals surface area contributed by atoms with Crippen LogP contribution in [0.1, 0.15) is 11.4 Å². The standard InChI is InChI=1S/C20H20N4O3/c25-19-13-27-12-17(24(19)11-14-6-2-1-3-7-14)20(26)21-10-18-22-15-8-4-5-9-16(15)23-18/h1-9,17H,10-13H2,(H,21,26)(H,22,23)/t17-/m0/s1. The Balaban J connectivity index is 1.44. The third-order valence-electron chi connectivity index (χ3n) is 4.56. The second kappa shape index (κ2) is 7.59. The van der Waals surface area contributed by atoms with Crippen molar-refractivity contribution in [3.05, 3.63) is 66.0 Å². The van der Waals surface area contributed by atoms with Crippen molar-refractivity contribution in [3.8, 4) is 0 Å². The van der Waals surface area contributed by atoms with Crippen LogP contribution in [-0.2, 0) is 27.4 Å². The Morgan fingerprint density at radius 3 is 2.78 bits per heavy atom. The summed E-state index contributed by atoms with van der Waals surface area (Å²) >= 11 is 0. The van der Waals surface area contributed by atoms with Gasteiger partial charge in [-0.05, 0) is 17.7 Å². The van der Waals surface area contributed by atoms with Crippen LogP contribution in [0.5, 0.6) is 0 Å². The van der Waals surface area contributed by atoms with Gasteiger partial charge in [-0.1, -0.05) is 42.5 Å². The van der Waals surface area contributed by atoms with Gasteiger partial charge in [0.05, 0.1) is 24.2 Å². The highest BCUT2D eigenvalue weighted by molar-refractivity contribution is 5.89. The van der Waals surface area contributed by atoms with Crippen molar-refractivity contribution in [2.45, 2.75) is 19.1 Å². The number of nitrogens with one attached hydrogen (secondary N) is 2. The van der Waals surface area contributed by atoms with Crippen LogP contribution in [-0.4, -0.2) is 45.9 Å². The van der Waals surface area contributed by atoms with Crippen LogP contribution in [0.3, 0.4) is 0 Å². The molecule has 27 heavy (non-hydrogen) atoms. The summed E-state index contributed by atoms with van der Waals surface area (Å²) in [6.45, 7) is 0.827. The molecule has 2 N–H and O–H groups in total. The summed E-state index contributed by atoms with van der Waals surface area (Å²) in [5, 5.41) is 2.86. The van der Waals surface area contributed by atoms with Crippen molar-refractivity contribution in [3.63, 3.8) is 0 Å². The Hall–Kier alpha value is -3.19. The molecule has 138 valence electrons. The predicted molar refractivity (Wildman–Crippen MR) is 99.5 cm³/mol. The third kappa shape index (κ3) is 3.83. The average Bonchev–Trinajstić information content (AvgIpc) is 3.11. The van der Waals surface area contributed by atoms with E-state index in [0.717, 1.165) is 16.6 Å². The highest BCUT2D eigenvalue weighted by Crippen LogP contribution is 2.14. The molecule has 2 amide bonds. The van der Waals surface area contributed by atoms with E-state index in [4.69, 9.17) is 4.74 Å². The molecule has 0 saturated carbocycles. The number of rotatable bonds is 5.